The average Bonchev–Trinajstić information content (AvgIpc) is 3.23. The van der Waals surface area contributed by atoms with E-state index in [1.165, 1.54) is 11.3 Å². The number of hydrogen-bond donors (Lipinski definition) is 0. The Morgan fingerprint density at radius 2 is 2.00 bits per heavy atom. The second-order valence-electron chi connectivity index (χ2n) is 7.16. The van der Waals surface area contributed by atoms with Crippen LogP contribution in [-0.4, -0.2) is 50.4 Å². The van der Waals surface area contributed by atoms with Gasteiger partial charge in [-0.25, -0.2) is 4.98 Å². The number of rotatable bonds is 4. The van der Waals surface area contributed by atoms with Crippen LogP contribution < -0.4 is 10.5 Å². The summed E-state index contributed by atoms with van der Waals surface area (Å²) >= 11 is 1.45. The summed E-state index contributed by atoms with van der Waals surface area (Å²) < 4.78 is 1.55. The number of pyridine rings is 1. The topological polar surface area (TPSA) is 96.9 Å². The third-order valence-electron chi connectivity index (χ3n) is 5.38. The summed E-state index contributed by atoms with van der Waals surface area (Å²) in [5.74, 6) is 0. The Labute approximate surface area is 175 Å². The molecule has 0 spiro atoms. The number of fused-ring (bicyclic) bond motifs is 2. The van der Waals surface area contributed by atoms with Crippen molar-refractivity contribution in [3.05, 3.63) is 74.3 Å². The van der Waals surface area contributed by atoms with Crippen LogP contribution in [0.25, 0.3) is 15.9 Å². The summed E-state index contributed by atoms with van der Waals surface area (Å²) in [6.45, 7) is 3.76. The molecule has 10 heteroatoms. The molecule has 1 saturated heterocycles. The van der Waals surface area contributed by atoms with Gasteiger partial charge in [0.2, 0.25) is 0 Å². The summed E-state index contributed by atoms with van der Waals surface area (Å²) in [6.07, 6.45) is 3.40. The van der Waals surface area contributed by atoms with Crippen molar-refractivity contribution in [2.75, 3.05) is 31.1 Å². The van der Waals surface area contributed by atoms with Crippen molar-refractivity contribution < 1.29 is 4.92 Å². The van der Waals surface area contributed by atoms with Crippen molar-refractivity contribution >= 4 is 38.6 Å². The zero-order chi connectivity index (χ0) is 20.7. The number of aromatic nitrogens is 3. The standard InChI is InChI=1S/C20H18N6O3S/c27-18-12-14(22-20-25(18)10-11-30-20)13-23-6-8-24(9-7-23)17-4-3-16(26(28)29)15-2-1-5-21-19(15)17/h1-5,10-12H,6-9,13H2. The molecule has 0 amide bonds. The van der Waals surface area contributed by atoms with E-state index < -0.39 is 0 Å². The molecule has 1 aliphatic heterocycles. The number of nitro groups is 1. The van der Waals surface area contributed by atoms with Gasteiger partial charge < -0.3 is 4.90 Å². The number of piperazine rings is 1. The Morgan fingerprint density at radius 3 is 2.80 bits per heavy atom. The zero-order valence-electron chi connectivity index (χ0n) is 16.0. The average molecular weight is 422 g/mol. The zero-order valence-corrected chi connectivity index (χ0v) is 16.8. The monoisotopic (exact) mass is 422 g/mol. The normalized spacial score (nSPS) is 15.1. The molecular formula is C20H18N6O3S. The number of benzene rings is 1. The maximum atomic E-state index is 12.2. The fraction of sp³-hybridized carbons (Fsp3) is 0.250. The minimum Gasteiger partial charge on any atom is -0.367 e. The Hall–Kier alpha value is -3.37. The van der Waals surface area contributed by atoms with Crippen LogP contribution in [0.3, 0.4) is 0 Å². The van der Waals surface area contributed by atoms with Crippen LogP contribution in [0.5, 0.6) is 0 Å². The van der Waals surface area contributed by atoms with Crippen LogP contribution in [0.1, 0.15) is 5.69 Å². The SMILES string of the molecule is O=c1cc(CN2CCN(c3ccc([N+](=O)[O-])c4cccnc34)CC2)nc2sccn12. The van der Waals surface area contributed by atoms with Gasteiger partial charge in [0, 0.05) is 62.6 Å². The highest BCUT2D eigenvalue weighted by Crippen LogP contribution is 2.32. The lowest BCUT2D eigenvalue weighted by Crippen LogP contribution is -2.46. The third kappa shape index (κ3) is 3.29. The largest absolute Gasteiger partial charge is 0.367 e. The van der Waals surface area contributed by atoms with Crippen molar-refractivity contribution in [1.82, 2.24) is 19.3 Å². The summed E-state index contributed by atoms with van der Waals surface area (Å²) in [5.41, 5.74) is 2.35. The molecule has 0 bridgehead atoms. The van der Waals surface area contributed by atoms with Gasteiger partial charge in [-0.3, -0.25) is 29.2 Å². The number of non-ortho nitro benzene ring substituents is 1. The quantitative estimate of drug-likeness (QED) is 0.368. The van der Waals surface area contributed by atoms with E-state index in [4.69, 9.17) is 0 Å². The first-order valence-corrected chi connectivity index (χ1v) is 10.4. The van der Waals surface area contributed by atoms with E-state index in [1.807, 2.05) is 5.38 Å². The van der Waals surface area contributed by atoms with Crippen molar-refractivity contribution in [2.45, 2.75) is 6.54 Å². The third-order valence-corrected chi connectivity index (χ3v) is 6.13. The van der Waals surface area contributed by atoms with E-state index in [-0.39, 0.29) is 16.2 Å². The lowest BCUT2D eigenvalue weighted by atomic mass is 10.1. The second-order valence-corrected chi connectivity index (χ2v) is 8.04. The van der Waals surface area contributed by atoms with Crippen molar-refractivity contribution in [3.8, 4) is 0 Å². The van der Waals surface area contributed by atoms with Crippen LogP contribution in [0, 0.1) is 10.1 Å². The van der Waals surface area contributed by atoms with Crippen LogP contribution in [-0.2, 0) is 6.54 Å². The maximum Gasteiger partial charge on any atom is 0.278 e. The summed E-state index contributed by atoms with van der Waals surface area (Å²) in [4.78, 5) is 37.3. The predicted octanol–water partition coefficient (Wildman–Crippen LogP) is 2.53. The first-order valence-electron chi connectivity index (χ1n) is 9.55. The highest BCUT2D eigenvalue weighted by Gasteiger charge is 2.22. The summed E-state index contributed by atoms with van der Waals surface area (Å²) in [7, 11) is 0. The summed E-state index contributed by atoms with van der Waals surface area (Å²) in [6, 6.07) is 8.40. The van der Waals surface area contributed by atoms with Crippen molar-refractivity contribution in [2.24, 2.45) is 0 Å². The molecule has 0 radical (unpaired) electrons. The van der Waals surface area contributed by atoms with E-state index >= 15 is 0 Å². The van der Waals surface area contributed by atoms with Gasteiger partial charge in [-0.15, -0.1) is 11.3 Å². The Bertz CT molecular complexity index is 1310. The fourth-order valence-electron chi connectivity index (χ4n) is 3.90. The molecule has 0 atom stereocenters. The Morgan fingerprint density at radius 1 is 1.17 bits per heavy atom. The molecule has 30 heavy (non-hydrogen) atoms. The lowest BCUT2D eigenvalue weighted by molar-refractivity contribution is -0.383. The molecule has 4 aromatic rings. The number of nitro benzene ring substituents is 1. The Kier molecular flexibility index (Phi) is 4.64. The van der Waals surface area contributed by atoms with Gasteiger partial charge in [-0.05, 0) is 18.2 Å². The Balaban J connectivity index is 1.34. The van der Waals surface area contributed by atoms with Crippen molar-refractivity contribution in [1.29, 1.82) is 0 Å². The maximum absolute atomic E-state index is 12.2. The van der Waals surface area contributed by atoms with Gasteiger partial charge in [0.05, 0.1) is 21.7 Å². The molecule has 4 heterocycles. The van der Waals surface area contributed by atoms with Crippen LogP contribution in [0.4, 0.5) is 11.4 Å². The highest BCUT2D eigenvalue weighted by molar-refractivity contribution is 7.15. The van der Waals surface area contributed by atoms with Crippen molar-refractivity contribution in [3.63, 3.8) is 0 Å². The molecule has 152 valence electrons. The summed E-state index contributed by atoms with van der Waals surface area (Å²) in [5, 5.41) is 13.7. The molecule has 0 N–H and O–H groups in total. The van der Waals surface area contributed by atoms with Gasteiger partial charge in [0.1, 0.15) is 5.52 Å². The van der Waals surface area contributed by atoms with E-state index in [9.17, 15) is 14.9 Å². The van der Waals surface area contributed by atoms with Gasteiger partial charge in [-0.2, -0.15) is 0 Å². The highest BCUT2D eigenvalue weighted by atomic mass is 32.1. The fourth-order valence-corrected chi connectivity index (χ4v) is 4.64. The van der Waals surface area contributed by atoms with Crippen LogP contribution in [0.2, 0.25) is 0 Å². The molecule has 3 aromatic heterocycles. The van der Waals surface area contributed by atoms with Gasteiger partial charge in [0.25, 0.3) is 11.2 Å². The number of anilines is 1. The molecule has 0 saturated carbocycles. The molecule has 1 fully saturated rings. The predicted molar refractivity (Wildman–Crippen MR) is 115 cm³/mol. The number of thiazole rings is 1. The molecule has 0 unspecified atom stereocenters. The lowest BCUT2D eigenvalue weighted by Gasteiger charge is -2.36. The minimum atomic E-state index is -0.369. The molecule has 1 aromatic carbocycles. The number of nitrogens with zero attached hydrogens (tertiary/aromatic N) is 6. The van der Waals surface area contributed by atoms with Crippen LogP contribution >= 0.6 is 11.3 Å². The molecule has 1 aliphatic rings. The molecule has 5 rings (SSSR count). The smallest absolute Gasteiger partial charge is 0.278 e. The molecular weight excluding hydrogens is 404 g/mol. The minimum absolute atomic E-state index is 0.0571. The first-order chi connectivity index (χ1) is 14.6. The molecule has 9 nitrogen and oxygen atoms in total. The first kappa shape index (κ1) is 18.6. The number of hydrogen-bond acceptors (Lipinski definition) is 8. The van der Waals surface area contributed by atoms with E-state index in [0.717, 1.165) is 37.6 Å². The second kappa shape index (κ2) is 7.47. The van der Waals surface area contributed by atoms with Gasteiger partial charge in [-0.1, -0.05) is 0 Å². The van der Waals surface area contributed by atoms with E-state index in [1.54, 1.807) is 47.1 Å². The molecule has 0 aliphatic carbocycles. The van der Waals surface area contributed by atoms with Crippen LogP contribution in [0.15, 0.2) is 52.9 Å². The van der Waals surface area contributed by atoms with E-state index in [2.05, 4.69) is 19.8 Å². The van der Waals surface area contributed by atoms with Gasteiger partial charge in [0.15, 0.2) is 4.96 Å². The van der Waals surface area contributed by atoms with E-state index in [0.29, 0.717) is 22.4 Å². The van der Waals surface area contributed by atoms with Gasteiger partial charge >= 0.3 is 0 Å².